The third kappa shape index (κ3) is 2.86. The lowest BCUT2D eigenvalue weighted by atomic mass is 10.1. The van der Waals surface area contributed by atoms with Gasteiger partial charge in [-0.2, -0.15) is 8.78 Å². The zero-order chi connectivity index (χ0) is 9.84. The Bertz CT molecular complexity index is 290. The summed E-state index contributed by atoms with van der Waals surface area (Å²) in [6.45, 7) is 2.81. The smallest absolute Gasteiger partial charge is 0.387 e. The second-order valence-corrected chi connectivity index (χ2v) is 2.68. The molecule has 13 heavy (non-hydrogen) atoms. The Morgan fingerprint density at radius 3 is 2.23 bits per heavy atom. The predicted molar refractivity (Wildman–Crippen MR) is 47.8 cm³/mol. The number of halogens is 2. The van der Waals surface area contributed by atoms with Crippen molar-refractivity contribution >= 4 is 5.57 Å². The largest absolute Gasteiger partial charge is 0.435 e. The van der Waals surface area contributed by atoms with E-state index in [1.165, 1.54) is 12.1 Å². The lowest BCUT2D eigenvalue weighted by Gasteiger charge is -2.04. The third-order valence-corrected chi connectivity index (χ3v) is 1.57. The van der Waals surface area contributed by atoms with Gasteiger partial charge in [0.25, 0.3) is 0 Å². The predicted octanol–water partition coefficient (Wildman–Crippen LogP) is 3.32. The van der Waals surface area contributed by atoms with Crippen molar-refractivity contribution in [3.63, 3.8) is 0 Å². The topological polar surface area (TPSA) is 9.23 Å². The van der Waals surface area contributed by atoms with Crippen molar-refractivity contribution in [3.8, 4) is 5.75 Å². The van der Waals surface area contributed by atoms with Crippen LogP contribution in [0.5, 0.6) is 5.75 Å². The molecule has 0 heterocycles. The Labute approximate surface area is 75.6 Å². The van der Waals surface area contributed by atoms with Gasteiger partial charge in [-0.25, -0.2) is 0 Å². The Hall–Kier alpha value is -1.38. The minimum Gasteiger partial charge on any atom is -0.435 e. The van der Waals surface area contributed by atoms with E-state index in [1.807, 2.05) is 6.92 Å². The molecule has 3 heteroatoms. The fourth-order valence-electron chi connectivity index (χ4n) is 0.921. The summed E-state index contributed by atoms with van der Waals surface area (Å²) in [6, 6.07) is 6.38. The molecule has 0 bridgehead atoms. The van der Waals surface area contributed by atoms with Crippen LogP contribution in [-0.2, 0) is 0 Å². The van der Waals surface area contributed by atoms with Crippen molar-refractivity contribution in [1.82, 2.24) is 0 Å². The number of hydrogen-bond donors (Lipinski definition) is 0. The molecule has 0 aliphatic heterocycles. The van der Waals surface area contributed by atoms with Gasteiger partial charge < -0.3 is 4.74 Å². The summed E-state index contributed by atoms with van der Waals surface area (Å²) in [5.74, 6) is 0.167. The molecule has 1 rings (SSSR count). The molecule has 1 aromatic carbocycles. The molecule has 0 amide bonds. The van der Waals surface area contributed by atoms with Crippen LogP contribution in [0.3, 0.4) is 0 Å². The quantitative estimate of drug-likeness (QED) is 0.700. The summed E-state index contributed by atoms with van der Waals surface area (Å²) >= 11 is 0. The molecule has 0 aliphatic carbocycles. The van der Waals surface area contributed by atoms with E-state index in [0.29, 0.717) is 0 Å². The van der Waals surface area contributed by atoms with Crippen molar-refractivity contribution in [2.75, 3.05) is 0 Å². The first-order valence-corrected chi connectivity index (χ1v) is 3.80. The van der Waals surface area contributed by atoms with E-state index in [4.69, 9.17) is 0 Å². The summed E-state index contributed by atoms with van der Waals surface area (Å²) in [5.41, 5.74) is 1.81. The number of ether oxygens (including phenoxy) is 1. The van der Waals surface area contributed by atoms with Gasteiger partial charge in [-0.1, -0.05) is 24.3 Å². The second-order valence-electron chi connectivity index (χ2n) is 2.68. The van der Waals surface area contributed by atoms with Crippen LogP contribution < -0.4 is 4.74 Å². The first-order valence-electron chi connectivity index (χ1n) is 3.80. The van der Waals surface area contributed by atoms with Crippen LogP contribution in [0, 0.1) is 0 Å². The van der Waals surface area contributed by atoms with Gasteiger partial charge in [0, 0.05) is 0 Å². The summed E-state index contributed by atoms with van der Waals surface area (Å²) in [4.78, 5) is 0. The molecular formula is C10H10F2O. The van der Waals surface area contributed by atoms with Crippen LogP contribution in [0.4, 0.5) is 8.78 Å². The van der Waals surface area contributed by atoms with Crippen LogP contribution in [0.25, 0.3) is 5.57 Å². The van der Waals surface area contributed by atoms with E-state index >= 15 is 0 Å². The highest BCUT2D eigenvalue weighted by Crippen LogP contribution is 2.18. The molecule has 0 spiro atoms. The number of alkyl halides is 2. The van der Waals surface area contributed by atoms with E-state index in [2.05, 4.69) is 11.3 Å². The van der Waals surface area contributed by atoms with E-state index < -0.39 is 6.61 Å². The monoisotopic (exact) mass is 184 g/mol. The molecular weight excluding hydrogens is 174 g/mol. The molecule has 1 aromatic rings. The first-order chi connectivity index (χ1) is 6.09. The van der Waals surface area contributed by atoms with Crippen LogP contribution in [0.2, 0.25) is 0 Å². The van der Waals surface area contributed by atoms with Crippen LogP contribution in [-0.4, -0.2) is 6.61 Å². The van der Waals surface area contributed by atoms with Gasteiger partial charge in [-0.15, -0.1) is 0 Å². The SMILES string of the molecule is C=C(C)c1ccc(OC(F)F)cc1. The van der Waals surface area contributed by atoms with Crippen molar-refractivity contribution in [3.05, 3.63) is 36.4 Å². The van der Waals surface area contributed by atoms with Gasteiger partial charge in [0.15, 0.2) is 0 Å². The molecule has 0 N–H and O–H groups in total. The molecule has 0 fully saturated rings. The van der Waals surface area contributed by atoms with Crippen molar-refractivity contribution in [2.24, 2.45) is 0 Å². The fourth-order valence-corrected chi connectivity index (χ4v) is 0.921. The van der Waals surface area contributed by atoms with Gasteiger partial charge in [0.2, 0.25) is 0 Å². The average Bonchev–Trinajstić information content (AvgIpc) is 2.04. The van der Waals surface area contributed by atoms with E-state index in [0.717, 1.165) is 11.1 Å². The molecule has 0 aromatic heterocycles. The third-order valence-electron chi connectivity index (χ3n) is 1.57. The Morgan fingerprint density at radius 1 is 1.31 bits per heavy atom. The van der Waals surface area contributed by atoms with Gasteiger partial charge in [-0.3, -0.25) is 0 Å². The molecule has 70 valence electrons. The molecule has 0 saturated heterocycles. The van der Waals surface area contributed by atoms with Gasteiger partial charge in [0.1, 0.15) is 5.75 Å². The van der Waals surface area contributed by atoms with Crippen molar-refractivity contribution in [2.45, 2.75) is 13.5 Å². The first kappa shape index (κ1) is 9.71. The number of rotatable bonds is 3. The molecule has 0 radical (unpaired) electrons. The zero-order valence-corrected chi connectivity index (χ0v) is 7.26. The molecule has 0 atom stereocenters. The second kappa shape index (κ2) is 4.03. The standard InChI is InChI=1S/C10H10F2O/c1-7(2)8-3-5-9(6-4-8)13-10(11)12/h3-6,10H,1H2,2H3. The lowest BCUT2D eigenvalue weighted by molar-refractivity contribution is -0.0498. The highest BCUT2D eigenvalue weighted by Gasteiger charge is 2.03. The minimum atomic E-state index is -2.77. The maximum absolute atomic E-state index is 11.7. The van der Waals surface area contributed by atoms with E-state index in [-0.39, 0.29) is 5.75 Å². The fraction of sp³-hybridized carbons (Fsp3) is 0.200. The van der Waals surface area contributed by atoms with Crippen molar-refractivity contribution < 1.29 is 13.5 Å². The average molecular weight is 184 g/mol. The number of benzene rings is 1. The van der Waals surface area contributed by atoms with Crippen molar-refractivity contribution in [1.29, 1.82) is 0 Å². The van der Waals surface area contributed by atoms with Crippen LogP contribution >= 0.6 is 0 Å². The normalized spacial score (nSPS) is 10.2. The zero-order valence-electron chi connectivity index (χ0n) is 7.26. The van der Waals surface area contributed by atoms with E-state index in [1.54, 1.807) is 12.1 Å². The van der Waals surface area contributed by atoms with Gasteiger partial charge in [0.05, 0.1) is 0 Å². The molecule has 1 nitrogen and oxygen atoms in total. The molecule has 0 saturated carbocycles. The summed E-state index contributed by atoms with van der Waals surface area (Å²) in [7, 11) is 0. The lowest BCUT2D eigenvalue weighted by Crippen LogP contribution is -2.01. The Kier molecular flexibility index (Phi) is 3.01. The highest BCUT2D eigenvalue weighted by atomic mass is 19.3. The summed E-state index contributed by atoms with van der Waals surface area (Å²) < 4.78 is 27.7. The number of hydrogen-bond acceptors (Lipinski definition) is 1. The highest BCUT2D eigenvalue weighted by molar-refractivity contribution is 5.61. The van der Waals surface area contributed by atoms with E-state index in [9.17, 15) is 8.78 Å². The minimum absolute atomic E-state index is 0.167. The molecule has 0 aliphatic rings. The molecule has 0 unspecified atom stereocenters. The maximum Gasteiger partial charge on any atom is 0.387 e. The number of allylic oxidation sites excluding steroid dienone is 1. The summed E-state index contributed by atoms with van der Waals surface area (Å²) in [5, 5.41) is 0. The summed E-state index contributed by atoms with van der Waals surface area (Å²) in [6.07, 6.45) is 0. The van der Waals surface area contributed by atoms with Crippen LogP contribution in [0.15, 0.2) is 30.8 Å². The van der Waals surface area contributed by atoms with Gasteiger partial charge in [-0.05, 0) is 24.6 Å². The Balaban J connectivity index is 2.75. The maximum atomic E-state index is 11.7. The van der Waals surface area contributed by atoms with Gasteiger partial charge >= 0.3 is 6.61 Å². The Morgan fingerprint density at radius 2 is 1.85 bits per heavy atom. The van der Waals surface area contributed by atoms with Crippen LogP contribution in [0.1, 0.15) is 12.5 Å².